The van der Waals surface area contributed by atoms with Crippen LogP contribution >= 0.6 is 34.5 Å². The van der Waals surface area contributed by atoms with Crippen LogP contribution in [0.3, 0.4) is 0 Å². The molecular weight excluding hydrogens is 487 g/mol. The number of nitro groups is 1. The van der Waals surface area contributed by atoms with E-state index in [0.29, 0.717) is 10.7 Å². The normalized spacial score (nSPS) is 11.5. The van der Waals surface area contributed by atoms with Gasteiger partial charge in [0.1, 0.15) is 16.4 Å². The van der Waals surface area contributed by atoms with Crippen LogP contribution in [0.5, 0.6) is 5.75 Å². The first-order valence-corrected chi connectivity index (χ1v) is 10.8. The predicted octanol–water partition coefficient (Wildman–Crippen LogP) is 7.29. The predicted molar refractivity (Wildman–Crippen MR) is 128 cm³/mol. The standard InChI is InChI=1S/C21H12Cl2N6O3S/c22-15-9-14(29(31)32)10-16(23)18(15)26-25-17-8-4-7-13(19(17)30)11-24-21-28-27-20(33-21)12-5-2-1-3-6-12/h1-11,30H/b24-11+,26-25?. The maximum atomic E-state index is 10.9. The summed E-state index contributed by atoms with van der Waals surface area (Å²) in [6.45, 7) is 0. The van der Waals surface area contributed by atoms with Crippen LogP contribution in [0.15, 0.2) is 75.9 Å². The zero-order valence-electron chi connectivity index (χ0n) is 16.5. The van der Waals surface area contributed by atoms with E-state index in [1.54, 1.807) is 12.1 Å². The van der Waals surface area contributed by atoms with E-state index in [1.165, 1.54) is 23.6 Å². The maximum Gasteiger partial charge on any atom is 0.272 e. The summed E-state index contributed by atoms with van der Waals surface area (Å²) in [6, 6.07) is 16.7. The Kier molecular flexibility index (Phi) is 6.68. The molecule has 4 rings (SSSR count). The average molecular weight is 499 g/mol. The first-order chi connectivity index (χ1) is 15.9. The SMILES string of the molecule is O=[N+]([O-])c1cc(Cl)c(N=Nc2cccc(/C=N/c3nnc(-c4ccccc4)s3)c2O)c(Cl)c1. The van der Waals surface area contributed by atoms with Crippen LogP contribution in [0.2, 0.25) is 10.0 Å². The Balaban J connectivity index is 1.56. The maximum absolute atomic E-state index is 10.9. The summed E-state index contributed by atoms with van der Waals surface area (Å²) in [7, 11) is 0. The fourth-order valence-electron chi connectivity index (χ4n) is 2.68. The number of phenols is 1. The van der Waals surface area contributed by atoms with Gasteiger partial charge in [0.05, 0.1) is 15.0 Å². The molecular formula is C21H12Cl2N6O3S. The molecule has 0 amide bonds. The van der Waals surface area contributed by atoms with Gasteiger partial charge in [-0.25, -0.2) is 4.99 Å². The summed E-state index contributed by atoms with van der Waals surface area (Å²) in [5, 5.41) is 38.6. The molecule has 0 bridgehead atoms. The molecule has 0 saturated heterocycles. The van der Waals surface area contributed by atoms with Gasteiger partial charge in [-0.05, 0) is 12.1 Å². The molecule has 4 aromatic rings. The van der Waals surface area contributed by atoms with Crippen LogP contribution in [0.1, 0.15) is 5.56 Å². The van der Waals surface area contributed by atoms with Gasteiger partial charge in [0, 0.05) is 29.5 Å². The summed E-state index contributed by atoms with van der Waals surface area (Å²) in [4.78, 5) is 14.6. The van der Waals surface area contributed by atoms with Gasteiger partial charge >= 0.3 is 0 Å². The molecule has 1 aromatic heterocycles. The van der Waals surface area contributed by atoms with Crippen molar-refractivity contribution < 1.29 is 10.0 Å². The van der Waals surface area contributed by atoms with E-state index >= 15 is 0 Å². The first-order valence-electron chi connectivity index (χ1n) is 9.22. The van der Waals surface area contributed by atoms with Crippen LogP contribution in [-0.2, 0) is 0 Å². The van der Waals surface area contributed by atoms with E-state index < -0.39 is 4.92 Å². The van der Waals surface area contributed by atoms with Crippen molar-refractivity contribution in [2.75, 3.05) is 0 Å². The molecule has 9 nitrogen and oxygen atoms in total. The molecule has 33 heavy (non-hydrogen) atoms. The molecule has 0 atom stereocenters. The molecule has 3 aromatic carbocycles. The minimum Gasteiger partial charge on any atom is -0.505 e. The van der Waals surface area contributed by atoms with Gasteiger partial charge in [0.15, 0.2) is 5.75 Å². The highest BCUT2D eigenvalue weighted by atomic mass is 35.5. The summed E-state index contributed by atoms with van der Waals surface area (Å²) >= 11 is 13.4. The molecule has 0 aliphatic heterocycles. The third kappa shape index (κ3) is 5.20. The second kappa shape index (κ2) is 9.82. The molecule has 0 aliphatic carbocycles. The fraction of sp³-hybridized carbons (Fsp3) is 0. The topological polar surface area (TPSA) is 126 Å². The Labute approximate surface area is 200 Å². The van der Waals surface area contributed by atoms with Gasteiger partial charge in [0.2, 0.25) is 5.13 Å². The second-order valence-electron chi connectivity index (χ2n) is 6.44. The fourth-order valence-corrected chi connectivity index (χ4v) is 3.93. The lowest BCUT2D eigenvalue weighted by atomic mass is 10.2. The number of halogens is 2. The van der Waals surface area contributed by atoms with Crippen LogP contribution in [0, 0.1) is 10.1 Å². The average Bonchev–Trinajstić information content (AvgIpc) is 3.28. The number of benzene rings is 3. The van der Waals surface area contributed by atoms with Gasteiger partial charge < -0.3 is 5.11 Å². The van der Waals surface area contributed by atoms with Gasteiger partial charge in [0.25, 0.3) is 5.69 Å². The molecule has 0 radical (unpaired) electrons. The highest BCUT2D eigenvalue weighted by Crippen LogP contribution is 2.39. The molecule has 1 N–H and O–H groups in total. The summed E-state index contributed by atoms with van der Waals surface area (Å²) in [6.07, 6.45) is 1.44. The van der Waals surface area contributed by atoms with Gasteiger partial charge in [-0.15, -0.1) is 20.4 Å². The van der Waals surface area contributed by atoms with E-state index in [-0.39, 0.29) is 32.9 Å². The van der Waals surface area contributed by atoms with Crippen LogP contribution < -0.4 is 0 Å². The molecule has 0 unspecified atom stereocenters. The highest BCUT2D eigenvalue weighted by Gasteiger charge is 2.15. The van der Waals surface area contributed by atoms with Crippen molar-refractivity contribution in [2.45, 2.75) is 0 Å². The van der Waals surface area contributed by atoms with Crippen molar-refractivity contribution in [2.24, 2.45) is 15.2 Å². The number of hydrogen-bond donors (Lipinski definition) is 1. The van der Waals surface area contributed by atoms with Crippen molar-refractivity contribution in [1.82, 2.24) is 10.2 Å². The summed E-state index contributed by atoms with van der Waals surface area (Å²) in [5.41, 5.74) is 1.22. The second-order valence-corrected chi connectivity index (χ2v) is 8.21. The van der Waals surface area contributed by atoms with Gasteiger partial charge in [-0.2, -0.15) is 0 Å². The number of aliphatic imine (C=N–C) groups is 1. The zero-order chi connectivity index (χ0) is 23.4. The van der Waals surface area contributed by atoms with Crippen molar-refractivity contribution in [3.63, 3.8) is 0 Å². The Hall–Kier alpha value is -3.73. The monoisotopic (exact) mass is 498 g/mol. The minimum absolute atomic E-state index is 0.0411. The van der Waals surface area contributed by atoms with Crippen LogP contribution in [0.25, 0.3) is 10.6 Å². The number of nitrogens with zero attached hydrogens (tertiary/aromatic N) is 6. The Morgan fingerprint density at radius 2 is 1.73 bits per heavy atom. The van der Waals surface area contributed by atoms with E-state index in [1.807, 2.05) is 30.3 Å². The van der Waals surface area contributed by atoms with Crippen LogP contribution in [0.4, 0.5) is 22.2 Å². The van der Waals surface area contributed by atoms with Gasteiger partial charge in [-0.3, -0.25) is 10.1 Å². The number of nitro benzene ring substituents is 1. The van der Waals surface area contributed by atoms with Crippen molar-refractivity contribution in [3.8, 4) is 16.3 Å². The van der Waals surface area contributed by atoms with E-state index in [0.717, 1.165) is 22.7 Å². The third-order valence-corrected chi connectivity index (χ3v) is 5.72. The number of para-hydroxylation sites is 1. The Morgan fingerprint density at radius 1 is 1.00 bits per heavy atom. The molecule has 12 heteroatoms. The number of rotatable bonds is 6. The lowest BCUT2D eigenvalue weighted by molar-refractivity contribution is -0.384. The number of phenolic OH excluding ortho intramolecular Hbond substituents is 1. The number of hydrogen-bond acceptors (Lipinski definition) is 9. The smallest absolute Gasteiger partial charge is 0.272 e. The highest BCUT2D eigenvalue weighted by molar-refractivity contribution is 7.18. The third-order valence-electron chi connectivity index (χ3n) is 4.27. The minimum atomic E-state index is -0.617. The molecule has 1 heterocycles. The van der Waals surface area contributed by atoms with E-state index in [4.69, 9.17) is 23.2 Å². The molecule has 0 spiro atoms. The van der Waals surface area contributed by atoms with Crippen molar-refractivity contribution in [1.29, 1.82) is 0 Å². The zero-order valence-corrected chi connectivity index (χ0v) is 18.8. The lowest BCUT2D eigenvalue weighted by Crippen LogP contribution is -1.87. The Bertz CT molecular complexity index is 1370. The first kappa shape index (κ1) is 22.5. The van der Waals surface area contributed by atoms with Crippen molar-refractivity contribution >= 4 is 62.9 Å². The molecule has 0 saturated carbocycles. The quantitative estimate of drug-likeness (QED) is 0.129. The molecule has 0 aliphatic rings. The van der Waals surface area contributed by atoms with Crippen molar-refractivity contribution in [3.05, 3.63) is 86.4 Å². The number of aromatic hydroxyl groups is 1. The van der Waals surface area contributed by atoms with Crippen LogP contribution in [-0.4, -0.2) is 26.4 Å². The Morgan fingerprint density at radius 3 is 2.42 bits per heavy atom. The van der Waals surface area contributed by atoms with Gasteiger partial charge in [-0.1, -0.05) is 70.9 Å². The number of non-ortho nitro benzene ring substituents is 1. The number of aromatic nitrogens is 2. The molecule has 164 valence electrons. The van der Waals surface area contributed by atoms with E-state index in [2.05, 4.69) is 25.4 Å². The summed E-state index contributed by atoms with van der Waals surface area (Å²) < 4.78 is 0. The largest absolute Gasteiger partial charge is 0.505 e. The number of azo groups is 1. The molecule has 0 fully saturated rings. The lowest BCUT2D eigenvalue weighted by Gasteiger charge is -2.03. The summed E-state index contributed by atoms with van der Waals surface area (Å²) in [5.74, 6) is -0.174. The van der Waals surface area contributed by atoms with E-state index in [9.17, 15) is 15.2 Å².